The minimum absolute atomic E-state index is 0.162. The first-order valence-electron chi connectivity index (χ1n) is 17.3. The maximum Gasteiger partial charge on any atom is 0.410 e. The molecule has 2 amide bonds. The highest BCUT2D eigenvalue weighted by molar-refractivity contribution is 6.11. The standard InChI is InChI=1S/C37H49F2N5O4/c1-7-37(8-2)33(44(34(37)45)32-25-11-14-40-29(25)10-9-27(32)38)26-21-28(39)30(22-31(26)47-6)42-15-12-24(13-16-42)23-41-17-19-43(20-18-41)35(46)48-36(3,4)5/h9-11,14,21-22,24,33,40H,7-8,12-13,15-20,23H2,1-6H3/t33-/m0/s1. The molecule has 0 unspecified atom stereocenters. The van der Waals surface area contributed by atoms with Gasteiger partial charge in [0.15, 0.2) is 0 Å². The van der Waals surface area contributed by atoms with Gasteiger partial charge in [-0.2, -0.15) is 0 Å². The molecule has 48 heavy (non-hydrogen) atoms. The Bertz CT molecular complexity index is 1650. The molecule has 4 heterocycles. The summed E-state index contributed by atoms with van der Waals surface area (Å²) < 4.78 is 43.1. The van der Waals surface area contributed by atoms with Gasteiger partial charge in [-0.1, -0.05) is 13.8 Å². The predicted octanol–water partition coefficient (Wildman–Crippen LogP) is 7.12. The second-order valence-electron chi connectivity index (χ2n) is 14.5. The Morgan fingerprint density at radius 3 is 2.29 bits per heavy atom. The second kappa shape index (κ2) is 13.2. The maximum atomic E-state index is 16.2. The number of H-pyrrole nitrogens is 1. The summed E-state index contributed by atoms with van der Waals surface area (Å²) in [6.45, 7) is 14.9. The van der Waals surface area contributed by atoms with Crippen molar-refractivity contribution in [2.45, 2.75) is 71.9 Å². The van der Waals surface area contributed by atoms with E-state index in [2.05, 4.69) is 14.8 Å². The molecule has 0 spiro atoms. The zero-order valence-corrected chi connectivity index (χ0v) is 29.1. The van der Waals surface area contributed by atoms with Crippen LogP contribution in [0.15, 0.2) is 36.5 Å². The number of amides is 2. The molecule has 260 valence electrons. The van der Waals surface area contributed by atoms with Crippen molar-refractivity contribution in [1.82, 2.24) is 14.8 Å². The molecule has 1 atom stereocenters. The highest BCUT2D eigenvalue weighted by Crippen LogP contribution is 2.59. The lowest BCUT2D eigenvalue weighted by atomic mass is 9.63. The lowest BCUT2D eigenvalue weighted by Crippen LogP contribution is -2.63. The quantitative estimate of drug-likeness (QED) is 0.258. The molecule has 0 radical (unpaired) electrons. The minimum atomic E-state index is -0.803. The van der Waals surface area contributed by atoms with Crippen LogP contribution in [-0.4, -0.2) is 85.3 Å². The monoisotopic (exact) mass is 665 g/mol. The Morgan fingerprint density at radius 1 is 0.979 bits per heavy atom. The van der Waals surface area contributed by atoms with Gasteiger partial charge in [0, 0.05) is 74.5 Å². The Morgan fingerprint density at radius 2 is 1.67 bits per heavy atom. The van der Waals surface area contributed by atoms with Crippen LogP contribution >= 0.6 is 0 Å². The molecule has 3 fully saturated rings. The summed E-state index contributed by atoms with van der Waals surface area (Å²) in [4.78, 5) is 37.2. The van der Waals surface area contributed by atoms with E-state index in [0.717, 1.165) is 38.0 Å². The van der Waals surface area contributed by atoms with Gasteiger partial charge in [0.1, 0.15) is 23.0 Å². The highest BCUT2D eigenvalue weighted by Gasteiger charge is 2.61. The smallest absolute Gasteiger partial charge is 0.410 e. The molecule has 1 aromatic heterocycles. The molecule has 2 aromatic carbocycles. The SMILES string of the molecule is CCC1(CC)C(=O)N(c2c(F)ccc3[nH]ccc23)[C@H]1c1cc(F)c(N2CCC(CN3CCN(C(=O)OC(C)(C)C)CC3)CC2)cc1OC. The first-order chi connectivity index (χ1) is 22.9. The summed E-state index contributed by atoms with van der Waals surface area (Å²) in [6, 6.07) is 7.46. The van der Waals surface area contributed by atoms with E-state index in [1.807, 2.05) is 34.6 Å². The number of nitrogens with zero attached hydrogens (tertiary/aromatic N) is 4. The first-order valence-corrected chi connectivity index (χ1v) is 17.3. The lowest BCUT2D eigenvalue weighted by Gasteiger charge is -2.56. The number of carbonyl (C=O) groups is 2. The molecular weight excluding hydrogens is 616 g/mol. The third-order valence-corrected chi connectivity index (χ3v) is 10.7. The van der Waals surface area contributed by atoms with Gasteiger partial charge >= 0.3 is 6.09 Å². The van der Waals surface area contributed by atoms with Crippen LogP contribution in [0.3, 0.4) is 0 Å². The molecule has 0 saturated carbocycles. The second-order valence-corrected chi connectivity index (χ2v) is 14.5. The number of benzene rings is 2. The number of fused-ring (bicyclic) bond motifs is 1. The number of hydrogen-bond donors (Lipinski definition) is 1. The van der Waals surface area contributed by atoms with Gasteiger partial charge in [0.2, 0.25) is 5.91 Å². The molecule has 3 aliphatic heterocycles. The van der Waals surface area contributed by atoms with Gasteiger partial charge in [0.25, 0.3) is 0 Å². The van der Waals surface area contributed by atoms with Gasteiger partial charge in [-0.3, -0.25) is 14.6 Å². The molecule has 3 saturated heterocycles. The van der Waals surface area contributed by atoms with E-state index in [1.54, 1.807) is 36.4 Å². The fourth-order valence-corrected chi connectivity index (χ4v) is 7.95. The van der Waals surface area contributed by atoms with Gasteiger partial charge < -0.3 is 24.3 Å². The summed E-state index contributed by atoms with van der Waals surface area (Å²) in [5, 5.41) is 0.609. The zero-order valence-electron chi connectivity index (χ0n) is 29.1. The van der Waals surface area contributed by atoms with Gasteiger partial charge in [-0.25, -0.2) is 13.6 Å². The summed E-state index contributed by atoms with van der Waals surface area (Å²) in [6.07, 6.45) is 4.39. The number of aromatic nitrogens is 1. The number of ether oxygens (including phenoxy) is 2. The fourth-order valence-electron chi connectivity index (χ4n) is 7.95. The predicted molar refractivity (Wildman–Crippen MR) is 184 cm³/mol. The molecule has 0 aliphatic carbocycles. The molecule has 3 aromatic rings. The number of piperazine rings is 1. The Labute approximate surface area is 282 Å². The molecule has 9 nitrogen and oxygen atoms in total. The van der Waals surface area contributed by atoms with Crippen molar-refractivity contribution in [2.24, 2.45) is 11.3 Å². The van der Waals surface area contributed by atoms with Crippen LogP contribution in [0, 0.1) is 23.0 Å². The van der Waals surface area contributed by atoms with Crippen LogP contribution in [-0.2, 0) is 9.53 Å². The molecule has 0 bridgehead atoms. The maximum absolute atomic E-state index is 16.2. The topological polar surface area (TPSA) is 81.4 Å². The Kier molecular flexibility index (Phi) is 9.37. The number of rotatable bonds is 8. The number of hydrogen-bond acceptors (Lipinski definition) is 6. The summed E-state index contributed by atoms with van der Waals surface area (Å²) in [5.74, 6) is -0.0565. The number of aromatic amines is 1. The van der Waals surface area contributed by atoms with Gasteiger partial charge in [0.05, 0.1) is 29.9 Å². The van der Waals surface area contributed by atoms with E-state index in [9.17, 15) is 9.59 Å². The van der Waals surface area contributed by atoms with Crippen LogP contribution in [0.1, 0.15) is 71.9 Å². The average Bonchev–Trinajstić information content (AvgIpc) is 3.54. The van der Waals surface area contributed by atoms with Crippen LogP contribution < -0.4 is 14.5 Å². The summed E-state index contributed by atoms with van der Waals surface area (Å²) >= 11 is 0. The number of halogens is 2. The average molecular weight is 666 g/mol. The van der Waals surface area contributed by atoms with E-state index in [4.69, 9.17) is 9.47 Å². The van der Waals surface area contributed by atoms with Crippen molar-refractivity contribution < 1.29 is 27.8 Å². The van der Waals surface area contributed by atoms with Crippen molar-refractivity contribution in [1.29, 1.82) is 0 Å². The number of anilines is 2. The van der Waals surface area contributed by atoms with Crippen molar-refractivity contribution in [3.8, 4) is 5.75 Å². The van der Waals surface area contributed by atoms with Gasteiger partial charge in [-0.05, 0) is 76.6 Å². The number of methoxy groups -OCH3 is 1. The molecule has 1 N–H and O–H groups in total. The first kappa shape index (κ1) is 34.0. The van der Waals surface area contributed by atoms with E-state index in [1.165, 1.54) is 17.0 Å². The van der Waals surface area contributed by atoms with Crippen molar-refractivity contribution in [3.63, 3.8) is 0 Å². The summed E-state index contributed by atoms with van der Waals surface area (Å²) in [5.41, 5.74) is 0.659. The minimum Gasteiger partial charge on any atom is -0.496 e. The van der Waals surface area contributed by atoms with E-state index >= 15 is 8.78 Å². The normalized spacial score (nSPS) is 20.7. The van der Waals surface area contributed by atoms with Crippen LogP contribution in [0.5, 0.6) is 5.75 Å². The van der Waals surface area contributed by atoms with Crippen molar-refractivity contribution in [3.05, 3.63) is 53.7 Å². The van der Waals surface area contributed by atoms with Crippen molar-refractivity contribution in [2.75, 3.05) is 62.7 Å². The van der Waals surface area contributed by atoms with E-state index < -0.39 is 22.9 Å². The van der Waals surface area contributed by atoms with Crippen LogP contribution in [0.4, 0.5) is 25.0 Å². The highest BCUT2D eigenvalue weighted by atomic mass is 19.1. The Balaban J connectivity index is 1.17. The number of β-lactam (4-membered cyclic amide) rings is 1. The lowest BCUT2D eigenvalue weighted by molar-refractivity contribution is -0.141. The fraction of sp³-hybridized carbons (Fsp3) is 0.568. The summed E-state index contributed by atoms with van der Waals surface area (Å²) in [7, 11) is 1.56. The molecule has 3 aliphatic rings. The third-order valence-electron chi connectivity index (χ3n) is 10.7. The van der Waals surface area contributed by atoms with E-state index in [0.29, 0.717) is 67.3 Å². The molecule has 6 rings (SSSR count). The molecule has 11 heteroatoms. The molecular formula is C37H49F2N5O4. The third kappa shape index (κ3) is 6.10. The number of nitrogens with one attached hydrogen (secondary N) is 1. The van der Waals surface area contributed by atoms with Gasteiger partial charge in [-0.15, -0.1) is 0 Å². The van der Waals surface area contributed by atoms with E-state index in [-0.39, 0.29) is 23.5 Å². The number of piperidine rings is 1. The number of carbonyl (C=O) groups excluding carboxylic acids is 2. The Hall–Kier alpha value is -3.86. The zero-order chi connectivity index (χ0) is 34.4. The van der Waals surface area contributed by atoms with Crippen molar-refractivity contribution >= 4 is 34.3 Å². The van der Waals surface area contributed by atoms with Crippen LogP contribution in [0.25, 0.3) is 10.9 Å². The largest absolute Gasteiger partial charge is 0.496 e. The van der Waals surface area contributed by atoms with Crippen LogP contribution in [0.2, 0.25) is 0 Å².